The number of halogens is 3. The van der Waals surface area contributed by atoms with E-state index in [2.05, 4.69) is 10.3 Å². The molecule has 4 aromatic rings. The van der Waals surface area contributed by atoms with Gasteiger partial charge in [-0.15, -0.1) is 0 Å². The lowest BCUT2D eigenvalue weighted by molar-refractivity contribution is -0.385. The zero-order chi connectivity index (χ0) is 37.7. The summed E-state index contributed by atoms with van der Waals surface area (Å²) in [6.07, 6.45) is -4.47. The number of aromatic nitrogens is 1. The molecule has 0 aliphatic rings. The Labute approximate surface area is 286 Å². The highest BCUT2D eigenvalue weighted by molar-refractivity contribution is 6.12. The average molecular weight is 709 g/mol. The van der Waals surface area contributed by atoms with E-state index in [1.54, 1.807) is 18.2 Å². The van der Waals surface area contributed by atoms with Crippen LogP contribution < -0.4 is 5.32 Å². The summed E-state index contributed by atoms with van der Waals surface area (Å²) in [6.45, 7) is -1.24. The minimum absolute atomic E-state index is 0.0121. The molecule has 0 spiro atoms. The second-order valence-electron chi connectivity index (χ2n) is 11.2. The number of nitrogens with one attached hydrogen (secondary N) is 1. The van der Waals surface area contributed by atoms with Gasteiger partial charge < -0.3 is 25.2 Å². The molecule has 51 heavy (non-hydrogen) atoms. The van der Waals surface area contributed by atoms with Crippen LogP contribution in [0.25, 0.3) is 11.1 Å². The number of rotatable bonds is 12. The van der Waals surface area contributed by atoms with E-state index in [1.807, 2.05) is 0 Å². The number of hydrogen-bond donors (Lipinski definition) is 3. The number of alkyl halides is 3. The first-order valence-electron chi connectivity index (χ1n) is 14.6. The van der Waals surface area contributed by atoms with E-state index in [1.165, 1.54) is 55.4 Å². The maximum absolute atomic E-state index is 13.5. The topological polar surface area (TPSA) is 206 Å². The zero-order valence-electron chi connectivity index (χ0n) is 26.6. The number of aliphatic carboxylic acids is 2. The van der Waals surface area contributed by atoms with E-state index in [0.29, 0.717) is 17.3 Å². The van der Waals surface area contributed by atoms with Crippen molar-refractivity contribution in [2.75, 3.05) is 26.0 Å². The van der Waals surface area contributed by atoms with Gasteiger partial charge in [-0.1, -0.05) is 36.4 Å². The third-order valence-corrected chi connectivity index (χ3v) is 7.59. The molecule has 3 aromatic carbocycles. The number of carbonyl (C=O) groups is 5. The molecule has 2 amide bonds. The minimum Gasteiger partial charge on any atom is -0.480 e. The standard InChI is InChI=1S/C34H27F3N4O10/c1-40(2)30(44)25-15-19(16-28(42)51-18-33(31(45)46,32(47)48)27-14-12-22(17-38-27)41(49)50)7-13-26(25)39-29(43)24-6-4-3-5-23(24)20-8-10-21(11-9-20)34(35,36)37/h3-15,17H,16,18H2,1-2H3,(H,39,43)(H,45,46)(H,47,48). The monoisotopic (exact) mass is 708 g/mol. The number of carboxylic acids is 2. The highest BCUT2D eigenvalue weighted by Gasteiger charge is 2.51. The normalized spacial score (nSPS) is 11.3. The number of carboxylic acid groups (broad SMARTS) is 2. The van der Waals surface area contributed by atoms with Crippen molar-refractivity contribution in [3.63, 3.8) is 0 Å². The molecule has 0 fully saturated rings. The van der Waals surface area contributed by atoms with Crippen LogP contribution in [0.5, 0.6) is 0 Å². The first kappa shape index (κ1) is 37.2. The molecule has 4 rings (SSSR count). The lowest BCUT2D eigenvalue weighted by Crippen LogP contribution is -2.49. The van der Waals surface area contributed by atoms with Gasteiger partial charge in [0.2, 0.25) is 5.41 Å². The fourth-order valence-electron chi connectivity index (χ4n) is 4.85. The van der Waals surface area contributed by atoms with Gasteiger partial charge in [0.15, 0.2) is 0 Å². The van der Waals surface area contributed by atoms with E-state index in [0.717, 1.165) is 24.3 Å². The summed E-state index contributed by atoms with van der Waals surface area (Å²) < 4.78 is 44.3. The number of pyridine rings is 1. The Morgan fingerprint density at radius 1 is 0.902 bits per heavy atom. The molecule has 0 radical (unpaired) electrons. The van der Waals surface area contributed by atoms with Crippen LogP contribution in [0.3, 0.4) is 0 Å². The highest BCUT2D eigenvalue weighted by Crippen LogP contribution is 2.32. The number of benzene rings is 3. The summed E-state index contributed by atoms with van der Waals surface area (Å²) in [5.41, 5.74) is -4.16. The Morgan fingerprint density at radius 3 is 2.10 bits per heavy atom. The van der Waals surface area contributed by atoms with Crippen molar-refractivity contribution in [3.05, 3.63) is 123 Å². The molecule has 1 aromatic heterocycles. The molecule has 0 saturated heterocycles. The molecular weight excluding hydrogens is 681 g/mol. The molecule has 0 aliphatic carbocycles. The number of ether oxygens (including phenoxy) is 1. The van der Waals surface area contributed by atoms with Crippen molar-refractivity contribution in [1.29, 1.82) is 0 Å². The summed E-state index contributed by atoms with van der Waals surface area (Å²) >= 11 is 0. The smallest absolute Gasteiger partial charge is 0.416 e. The predicted molar refractivity (Wildman–Crippen MR) is 172 cm³/mol. The van der Waals surface area contributed by atoms with Gasteiger partial charge in [-0.2, -0.15) is 13.2 Å². The predicted octanol–water partition coefficient (Wildman–Crippen LogP) is 4.82. The second-order valence-corrected chi connectivity index (χ2v) is 11.2. The molecular formula is C34H27F3N4O10. The van der Waals surface area contributed by atoms with Gasteiger partial charge in [0.05, 0.1) is 33.9 Å². The Hall–Kier alpha value is -6.65. The van der Waals surface area contributed by atoms with Crippen LogP contribution in [0, 0.1) is 10.1 Å². The Bertz CT molecular complexity index is 2000. The van der Waals surface area contributed by atoms with Crippen LogP contribution in [0.15, 0.2) is 85.1 Å². The third-order valence-electron chi connectivity index (χ3n) is 7.59. The molecule has 17 heteroatoms. The molecule has 0 saturated carbocycles. The van der Waals surface area contributed by atoms with Crippen LogP contribution in [0.2, 0.25) is 0 Å². The first-order chi connectivity index (χ1) is 23.9. The summed E-state index contributed by atoms with van der Waals surface area (Å²) in [7, 11) is 2.86. The van der Waals surface area contributed by atoms with E-state index in [9.17, 15) is 57.5 Å². The fraction of sp³-hybridized carbons (Fsp3) is 0.176. The Kier molecular flexibility index (Phi) is 10.8. The SMILES string of the molecule is CN(C)C(=O)c1cc(CC(=O)OCC(C(=O)O)(C(=O)O)c2ccc([N+](=O)[O-])cn2)ccc1NC(=O)c1ccccc1-c1ccc(C(F)(F)F)cc1. The van der Waals surface area contributed by atoms with E-state index in [-0.39, 0.29) is 22.4 Å². The molecule has 264 valence electrons. The van der Waals surface area contributed by atoms with Gasteiger partial charge in [-0.3, -0.25) is 39.1 Å². The average Bonchev–Trinajstić information content (AvgIpc) is 3.08. The van der Waals surface area contributed by atoms with Crippen molar-refractivity contribution in [2.45, 2.75) is 18.0 Å². The van der Waals surface area contributed by atoms with Crippen LogP contribution >= 0.6 is 0 Å². The van der Waals surface area contributed by atoms with Crippen LogP contribution in [-0.4, -0.2) is 75.4 Å². The van der Waals surface area contributed by atoms with Crippen LogP contribution in [0.4, 0.5) is 24.5 Å². The number of anilines is 1. The quantitative estimate of drug-likeness (QED) is 0.0787. The molecule has 14 nitrogen and oxygen atoms in total. The van der Waals surface area contributed by atoms with Gasteiger partial charge >= 0.3 is 24.1 Å². The number of amides is 2. The van der Waals surface area contributed by atoms with Gasteiger partial charge in [0.1, 0.15) is 12.8 Å². The zero-order valence-corrected chi connectivity index (χ0v) is 26.6. The van der Waals surface area contributed by atoms with Crippen molar-refractivity contribution >= 4 is 41.1 Å². The fourth-order valence-corrected chi connectivity index (χ4v) is 4.85. The Morgan fingerprint density at radius 2 is 1.55 bits per heavy atom. The largest absolute Gasteiger partial charge is 0.480 e. The maximum Gasteiger partial charge on any atom is 0.416 e. The first-order valence-corrected chi connectivity index (χ1v) is 14.6. The summed E-state index contributed by atoms with van der Waals surface area (Å²) in [6, 6.07) is 16.0. The van der Waals surface area contributed by atoms with E-state index in [4.69, 9.17) is 4.74 Å². The van der Waals surface area contributed by atoms with Crippen LogP contribution in [-0.2, 0) is 37.1 Å². The van der Waals surface area contributed by atoms with Gasteiger partial charge in [0, 0.05) is 25.7 Å². The van der Waals surface area contributed by atoms with Gasteiger partial charge in [-0.25, -0.2) is 0 Å². The molecule has 3 N–H and O–H groups in total. The maximum atomic E-state index is 13.5. The molecule has 0 bridgehead atoms. The number of nitro groups is 1. The van der Waals surface area contributed by atoms with Crippen molar-refractivity contribution in [3.8, 4) is 11.1 Å². The third kappa shape index (κ3) is 8.15. The second kappa shape index (κ2) is 14.9. The van der Waals surface area contributed by atoms with Gasteiger partial charge in [0.25, 0.3) is 17.5 Å². The number of nitrogens with zero attached hydrogens (tertiary/aromatic N) is 3. The molecule has 0 unspecified atom stereocenters. The summed E-state index contributed by atoms with van der Waals surface area (Å²) in [5.74, 6) is -6.32. The lowest BCUT2D eigenvalue weighted by Gasteiger charge is -2.23. The van der Waals surface area contributed by atoms with E-state index >= 15 is 0 Å². The van der Waals surface area contributed by atoms with Crippen molar-refractivity contribution in [2.24, 2.45) is 0 Å². The summed E-state index contributed by atoms with van der Waals surface area (Å²) in [5, 5.41) is 33.2. The van der Waals surface area contributed by atoms with E-state index < -0.39 is 76.2 Å². The molecule has 0 atom stereocenters. The summed E-state index contributed by atoms with van der Waals surface area (Å²) in [4.78, 5) is 78.7. The minimum atomic E-state index is -4.55. The highest BCUT2D eigenvalue weighted by atomic mass is 19.4. The van der Waals surface area contributed by atoms with Gasteiger partial charge in [-0.05, 0) is 53.1 Å². The van der Waals surface area contributed by atoms with Crippen LogP contribution in [0.1, 0.15) is 37.5 Å². The number of esters is 1. The lowest BCUT2D eigenvalue weighted by atomic mass is 9.84. The molecule has 1 heterocycles. The number of hydrogen-bond acceptors (Lipinski definition) is 9. The van der Waals surface area contributed by atoms with Crippen molar-refractivity contribution in [1.82, 2.24) is 9.88 Å². The Balaban J connectivity index is 1.58. The molecule has 0 aliphatic heterocycles. The number of carbonyl (C=O) groups excluding carboxylic acids is 3. The van der Waals surface area contributed by atoms with Crippen molar-refractivity contribution < 1.29 is 57.0 Å².